The average Bonchev–Trinajstić information content (AvgIpc) is 3.55. The molecule has 0 radical (unpaired) electrons. The molecule has 0 amide bonds. The molecule has 38 heavy (non-hydrogen) atoms. The Morgan fingerprint density at radius 1 is 1.13 bits per heavy atom. The zero-order valence-corrected chi connectivity index (χ0v) is 20.9. The summed E-state index contributed by atoms with van der Waals surface area (Å²) in [6.45, 7) is 0.251. The third-order valence-electron chi connectivity index (χ3n) is 7.14. The molecular weight excluding hydrogens is 516 g/mol. The number of rotatable bonds is 4. The van der Waals surface area contributed by atoms with Crippen molar-refractivity contribution in [3.8, 4) is 28.3 Å². The van der Waals surface area contributed by atoms with Gasteiger partial charge < -0.3 is 19.0 Å². The molecule has 0 fully saturated rings. The van der Waals surface area contributed by atoms with Crippen LogP contribution in [0.15, 0.2) is 49.1 Å². The quantitative estimate of drug-likeness (QED) is 0.340. The highest BCUT2D eigenvalue weighted by atomic mass is 35.5. The molecule has 2 aromatic carbocycles. The third-order valence-corrected chi connectivity index (χ3v) is 7.45. The van der Waals surface area contributed by atoms with Gasteiger partial charge in [0.15, 0.2) is 11.6 Å². The number of halogens is 3. The fourth-order valence-corrected chi connectivity index (χ4v) is 5.82. The summed E-state index contributed by atoms with van der Waals surface area (Å²) in [7, 11) is 0. The van der Waals surface area contributed by atoms with E-state index >= 15 is 0 Å². The van der Waals surface area contributed by atoms with E-state index in [4.69, 9.17) is 21.3 Å². The summed E-state index contributed by atoms with van der Waals surface area (Å²) < 4.78 is 35.8. The van der Waals surface area contributed by atoms with Crippen molar-refractivity contribution in [1.82, 2.24) is 34.3 Å². The number of imidazole rings is 1. The molecule has 0 saturated carbocycles. The maximum absolute atomic E-state index is 13.4. The van der Waals surface area contributed by atoms with Gasteiger partial charge in [-0.05, 0) is 32.0 Å². The minimum atomic E-state index is -2.98. The summed E-state index contributed by atoms with van der Waals surface area (Å²) in [5.74, 6) is 1.72. The Morgan fingerprint density at radius 2 is 1.92 bits per heavy atom. The second-order valence-corrected chi connectivity index (χ2v) is 10.3. The van der Waals surface area contributed by atoms with Crippen LogP contribution in [-0.2, 0) is 5.60 Å². The van der Waals surface area contributed by atoms with Gasteiger partial charge in [0, 0.05) is 41.1 Å². The van der Waals surface area contributed by atoms with Crippen LogP contribution in [0, 0.1) is 0 Å². The van der Waals surface area contributed by atoms with Crippen molar-refractivity contribution in [2.24, 2.45) is 0 Å². The molecule has 0 saturated heterocycles. The molecule has 5 aromatic rings. The van der Waals surface area contributed by atoms with Gasteiger partial charge in [0.1, 0.15) is 23.5 Å². The zero-order chi connectivity index (χ0) is 26.3. The highest BCUT2D eigenvalue weighted by Gasteiger charge is 2.43. The van der Waals surface area contributed by atoms with Crippen LogP contribution in [0.1, 0.15) is 49.6 Å². The molecule has 192 valence electrons. The number of benzene rings is 2. The Bertz CT molecular complexity index is 1730. The van der Waals surface area contributed by atoms with Gasteiger partial charge in [0.05, 0.1) is 28.1 Å². The highest BCUT2D eigenvalue weighted by Crippen LogP contribution is 2.52. The van der Waals surface area contributed by atoms with Crippen LogP contribution in [0.3, 0.4) is 0 Å². The number of hydrogen-bond donors (Lipinski definition) is 1. The van der Waals surface area contributed by atoms with E-state index in [2.05, 4.69) is 24.7 Å². The second-order valence-electron chi connectivity index (χ2n) is 9.94. The first kappa shape index (κ1) is 23.2. The molecule has 0 spiro atoms. The van der Waals surface area contributed by atoms with E-state index in [1.165, 1.54) is 0 Å². The second kappa shape index (κ2) is 8.02. The lowest BCUT2D eigenvalue weighted by Crippen LogP contribution is -2.19. The van der Waals surface area contributed by atoms with Crippen molar-refractivity contribution in [3.05, 3.63) is 71.3 Å². The largest absolute Gasteiger partial charge is 0.434 e. The van der Waals surface area contributed by atoms with Crippen LogP contribution in [0.2, 0.25) is 5.02 Å². The van der Waals surface area contributed by atoms with Gasteiger partial charge >= 0.3 is 6.61 Å². The van der Waals surface area contributed by atoms with Gasteiger partial charge in [-0.1, -0.05) is 23.7 Å². The minimum Gasteiger partial charge on any atom is -0.434 e. The van der Waals surface area contributed by atoms with Crippen LogP contribution in [0.5, 0.6) is 5.75 Å². The molecule has 12 heteroatoms. The monoisotopic (exact) mass is 535 g/mol. The predicted molar refractivity (Wildman–Crippen MR) is 134 cm³/mol. The Kier molecular flexibility index (Phi) is 4.89. The van der Waals surface area contributed by atoms with Gasteiger partial charge in [-0.2, -0.15) is 8.78 Å². The number of ether oxygens (including phenoxy) is 1. The summed E-state index contributed by atoms with van der Waals surface area (Å²) in [5, 5.41) is 19.1. The van der Waals surface area contributed by atoms with Gasteiger partial charge in [0.25, 0.3) is 0 Å². The maximum atomic E-state index is 13.4. The molecule has 9 nitrogen and oxygen atoms in total. The van der Waals surface area contributed by atoms with E-state index in [9.17, 15) is 13.9 Å². The first-order valence-electron chi connectivity index (χ1n) is 11.9. The molecule has 2 aliphatic rings. The Hall–Kier alpha value is -3.96. The summed E-state index contributed by atoms with van der Waals surface area (Å²) in [6, 6.07) is 8.22. The van der Waals surface area contributed by atoms with E-state index in [1.54, 1.807) is 50.8 Å². The van der Waals surface area contributed by atoms with Crippen LogP contribution in [0.25, 0.3) is 33.5 Å². The summed E-state index contributed by atoms with van der Waals surface area (Å²) in [5.41, 5.74) is 2.92. The molecular formula is C26H20ClF2N7O2. The molecule has 2 aliphatic heterocycles. The van der Waals surface area contributed by atoms with Crippen LogP contribution < -0.4 is 4.74 Å². The van der Waals surface area contributed by atoms with E-state index in [-0.39, 0.29) is 17.8 Å². The van der Waals surface area contributed by atoms with Gasteiger partial charge in [-0.15, -0.1) is 10.2 Å². The molecule has 0 aliphatic carbocycles. The van der Waals surface area contributed by atoms with Crippen LogP contribution in [0.4, 0.5) is 8.78 Å². The molecule has 3 aromatic heterocycles. The first-order valence-corrected chi connectivity index (χ1v) is 12.3. The summed E-state index contributed by atoms with van der Waals surface area (Å²) >= 11 is 6.69. The lowest BCUT2D eigenvalue weighted by molar-refractivity contribution is -0.0506. The molecule has 7 rings (SSSR count). The number of hydrogen-bond acceptors (Lipinski definition) is 7. The lowest BCUT2D eigenvalue weighted by atomic mass is 9.97. The van der Waals surface area contributed by atoms with E-state index in [0.29, 0.717) is 50.9 Å². The number of aromatic nitrogens is 7. The minimum absolute atomic E-state index is 0.0946. The highest BCUT2D eigenvalue weighted by molar-refractivity contribution is 6.34. The topological polar surface area (TPSA) is 104 Å². The molecule has 0 unspecified atom stereocenters. The number of fused-ring (bicyclic) bond motifs is 6. The SMILES string of the molecule is CC(C)(O)c1ncc(-c2cc3c(cc2Cl)nc2n3[C@@H]3C[C@H]2n2cnnc2-c2cccc(OC(F)F)c23)cn1. The third kappa shape index (κ3) is 3.35. The number of aliphatic hydroxyl groups is 1. The van der Waals surface area contributed by atoms with Crippen molar-refractivity contribution < 1.29 is 18.6 Å². The predicted octanol–water partition coefficient (Wildman–Crippen LogP) is 5.13. The van der Waals surface area contributed by atoms with E-state index < -0.39 is 12.2 Å². The zero-order valence-electron chi connectivity index (χ0n) is 20.2. The Balaban J connectivity index is 1.45. The average molecular weight is 536 g/mol. The van der Waals surface area contributed by atoms with Gasteiger partial charge in [-0.25, -0.2) is 15.0 Å². The molecule has 2 bridgehead atoms. The molecule has 2 atom stereocenters. The van der Waals surface area contributed by atoms with Crippen molar-refractivity contribution >= 4 is 22.6 Å². The fraction of sp³-hybridized carbons (Fsp3) is 0.269. The van der Waals surface area contributed by atoms with E-state index in [1.807, 2.05) is 16.7 Å². The number of alkyl halides is 2. The normalized spacial score (nSPS) is 17.9. The van der Waals surface area contributed by atoms with Crippen molar-refractivity contribution in [1.29, 1.82) is 0 Å². The Labute approximate surface area is 219 Å². The standard InChI is InChI=1S/C26H20ClF2N7O2/c1-26(2,37)24-30-9-12(10-31-24)14-6-17-16(7-15(14)27)33-23-19-8-18(36(17)23)21-13(22-34-32-11-35(19)22)4-3-5-20(21)38-25(28)29/h3-7,9-11,18-19,25,37H,8H2,1-2H3/t18-,19-/m1/s1. The maximum Gasteiger partial charge on any atom is 0.387 e. The smallest absolute Gasteiger partial charge is 0.387 e. The molecule has 5 heterocycles. The van der Waals surface area contributed by atoms with Crippen molar-refractivity contribution in [3.63, 3.8) is 0 Å². The van der Waals surface area contributed by atoms with Crippen molar-refractivity contribution in [2.75, 3.05) is 0 Å². The van der Waals surface area contributed by atoms with Gasteiger partial charge in [0.2, 0.25) is 0 Å². The molecule has 1 N–H and O–H groups in total. The number of nitrogens with zero attached hydrogens (tertiary/aromatic N) is 7. The van der Waals surface area contributed by atoms with Crippen molar-refractivity contribution in [2.45, 2.75) is 44.6 Å². The van der Waals surface area contributed by atoms with Gasteiger partial charge in [-0.3, -0.25) is 0 Å². The Morgan fingerprint density at radius 3 is 2.66 bits per heavy atom. The first-order chi connectivity index (χ1) is 18.2. The summed E-state index contributed by atoms with van der Waals surface area (Å²) in [4.78, 5) is 13.5. The lowest BCUT2D eigenvalue weighted by Gasteiger charge is -2.21. The fourth-order valence-electron chi connectivity index (χ4n) is 5.55. The van der Waals surface area contributed by atoms with E-state index in [0.717, 1.165) is 11.3 Å². The summed E-state index contributed by atoms with van der Waals surface area (Å²) in [6.07, 6.45) is 5.44. The van der Waals surface area contributed by atoms with Crippen LogP contribution >= 0.6 is 11.6 Å². The van der Waals surface area contributed by atoms with Crippen LogP contribution in [-0.4, -0.2) is 46.0 Å².